The third-order valence-corrected chi connectivity index (χ3v) is 7.49. The third kappa shape index (κ3) is 1.99. The number of anilines is 2. The molecule has 1 fully saturated rings. The minimum atomic E-state index is -0.568. The second-order valence-corrected chi connectivity index (χ2v) is 9.53. The van der Waals surface area contributed by atoms with Gasteiger partial charge in [0, 0.05) is 51.0 Å². The number of ether oxygens (including phenoxy) is 1. The van der Waals surface area contributed by atoms with E-state index in [0.717, 1.165) is 28.1 Å². The van der Waals surface area contributed by atoms with Crippen LogP contribution in [-0.4, -0.2) is 34.2 Å². The summed E-state index contributed by atoms with van der Waals surface area (Å²) in [4.78, 5) is 17.1. The Bertz CT molecular complexity index is 1190. The fourth-order valence-corrected chi connectivity index (χ4v) is 6.15. The summed E-state index contributed by atoms with van der Waals surface area (Å²) >= 11 is 0. The van der Waals surface area contributed by atoms with Gasteiger partial charge in [0.1, 0.15) is 0 Å². The summed E-state index contributed by atoms with van der Waals surface area (Å²) in [6, 6.07) is 21.7. The van der Waals surface area contributed by atoms with Gasteiger partial charge in [-0.3, -0.25) is 0 Å². The highest BCUT2D eigenvalue weighted by Crippen LogP contribution is 2.87. The van der Waals surface area contributed by atoms with Gasteiger partial charge in [-0.15, -0.1) is 0 Å². The molecule has 4 heteroatoms. The van der Waals surface area contributed by atoms with Crippen LogP contribution in [-0.2, 0) is 15.8 Å². The molecule has 0 aromatic heterocycles. The van der Waals surface area contributed by atoms with Gasteiger partial charge >= 0.3 is 5.97 Å². The molecule has 3 aromatic rings. The molecule has 0 saturated heterocycles. The highest BCUT2D eigenvalue weighted by Gasteiger charge is 2.90. The van der Waals surface area contributed by atoms with Gasteiger partial charge in [0.05, 0.1) is 11.0 Å². The molecule has 0 N–H and O–H groups in total. The predicted octanol–water partition coefficient (Wildman–Crippen LogP) is 4.59. The van der Waals surface area contributed by atoms with Crippen molar-refractivity contribution in [2.45, 2.75) is 23.9 Å². The molecule has 1 saturated carbocycles. The van der Waals surface area contributed by atoms with Crippen LogP contribution in [0.3, 0.4) is 0 Å². The molecule has 6 rings (SSSR count). The molecule has 1 aliphatic heterocycles. The average molecular weight is 411 g/mol. The monoisotopic (exact) mass is 410 g/mol. The molecule has 2 aliphatic carbocycles. The molecule has 31 heavy (non-hydrogen) atoms. The number of carbonyl (C=O) groups excluding carboxylic acids is 1. The first-order valence-corrected chi connectivity index (χ1v) is 10.8. The van der Waals surface area contributed by atoms with E-state index in [4.69, 9.17) is 4.74 Å². The van der Waals surface area contributed by atoms with Crippen LogP contribution in [0.5, 0.6) is 0 Å². The number of benzene rings is 3. The highest BCUT2D eigenvalue weighted by atomic mass is 16.6. The van der Waals surface area contributed by atoms with Gasteiger partial charge in [0.25, 0.3) is 0 Å². The van der Waals surface area contributed by atoms with Crippen molar-refractivity contribution in [3.63, 3.8) is 0 Å². The normalized spacial score (nSPS) is 23.4. The number of esters is 1. The lowest BCUT2D eigenvalue weighted by Crippen LogP contribution is -2.25. The van der Waals surface area contributed by atoms with Crippen LogP contribution in [0, 0.1) is 6.92 Å². The van der Waals surface area contributed by atoms with Gasteiger partial charge in [-0.1, -0.05) is 30.3 Å². The summed E-state index contributed by atoms with van der Waals surface area (Å²) in [7, 11) is 8.20. The number of hydrogen-bond acceptors (Lipinski definition) is 4. The minimum absolute atomic E-state index is 0.163. The Morgan fingerprint density at radius 1 is 0.806 bits per heavy atom. The lowest BCUT2D eigenvalue weighted by molar-refractivity contribution is 0.0213. The smallest absolute Gasteiger partial charge is 0.339 e. The predicted molar refractivity (Wildman–Crippen MR) is 123 cm³/mol. The first kappa shape index (κ1) is 18.5. The zero-order valence-electron chi connectivity index (χ0n) is 18.6. The van der Waals surface area contributed by atoms with Gasteiger partial charge in [0.2, 0.25) is 0 Å². The van der Waals surface area contributed by atoms with E-state index in [2.05, 4.69) is 71.3 Å². The zero-order chi connectivity index (χ0) is 21.7. The van der Waals surface area contributed by atoms with Gasteiger partial charge in [-0.2, -0.15) is 0 Å². The first-order valence-electron chi connectivity index (χ1n) is 10.8. The summed E-state index contributed by atoms with van der Waals surface area (Å²) in [6.07, 6.45) is 0. The fraction of sp³-hybridized carbons (Fsp3) is 0.296. The number of nitrogens with zero attached hydrogens (tertiary/aromatic N) is 2. The Labute approximate surface area is 183 Å². The Morgan fingerprint density at radius 2 is 1.32 bits per heavy atom. The maximum Gasteiger partial charge on any atom is 0.339 e. The van der Waals surface area contributed by atoms with E-state index < -0.39 is 5.60 Å². The average Bonchev–Trinajstić information content (AvgIpc) is 3.15. The lowest BCUT2D eigenvalue weighted by atomic mass is 9.82. The maximum atomic E-state index is 12.9. The second kappa shape index (κ2) is 5.70. The first-order chi connectivity index (χ1) is 14.8. The molecule has 0 bridgehead atoms. The van der Waals surface area contributed by atoms with Crippen LogP contribution < -0.4 is 9.80 Å². The van der Waals surface area contributed by atoms with E-state index in [9.17, 15) is 4.79 Å². The zero-order valence-corrected chi connectivity index (χ0v) is 18.6. The van der Waals surface area contributed by atoms with Crippen LogP contribution in [0.25, 0.3) is 0 Å². The number of rotatable bonds is 4. The summed E-state index contributed by atoms with van der Waals surface area (Å²) in [5.41, 5.74) is 8.04. The molecule has 1 heterocycles. The van der Waals surface area contributed by atoms with Crippen molar-refractivity contribution in [1.29, 1.82) is 0 Å². The SMILES string of the molecule is Cc1cc2c3c(c1)C1C3(OC2=O)C1(c1ccc(N(C)C)cc1)c1ccc(N(C)C)cc1. The minimum Gasteiger partial charge on any atom is -0.448 e. The van der Waals surface area contributed by atoms with Crippen molar-refractivity contribution >= 4 is 17.3 Å². The quantitative estimate of drug-likeness (QED) is 0.589. The van der Waals surface area contributed by atoms with Crippen molar-refractivity contribution in [3.05, 3.63) is 94.0 Å². The number of hydrogen-bond donors (Lipinski definition) is 0. The molecule has 4 nitrogen and oxygen atoms in total. The molecule has 0 radical (unpaired) electrons. The lowest BCUT2D eigenvalue weighted by Gasteiger charge is -2.25. The number of carbonyl (C=O) groups is 1. The Kier molecular flexibility index (Phi) is 3.40. The number of aryl methyl sites for hydroxylation is 1. The van der Waals surface area contributed by atoms with Crippen molar-refractivity contribution in [1.82, 2.24) is 0 Å². The van der Waals surface area contributed by atoms with E-state index in [0.29, 0.717) is 0 Å². The van der Waals surface area contributed by atoms with Gasteiger partial charge in [-0.25, -0.2) is 4.79 Å². The molecule has 156 valence electrons. The van der Waals surface area contributed by atoms with E-state index in [1.165, 1.54) is 16.7 Å². The Morgan fingerprint density at radius 3 is 1.81 bits per heavy atom. The van der Waals surface area contributed by atoms with Gasteiger partial charge < -0.3 is 14.5 Å². The summed E-state index contributed by atoms with van der Waals surface area (Å²) in [5.74, 6) is -0.0188. The van der Waals surface area contributed by atoms with Crippen molar-refractivity contribution in [3.8, 4) is 0 Å². The Balaban J connectivity index is 1.58. The van der Waals surface area contributed by atoms with Crippen molar-refractivity contribution < 1.29 is 9.53 Å². The van der Waals surface area contributed by atoms with E-state index >= 15 is 0 Å². The van der Waals surface area contributed by atoms with Crippen LogP contribution in [0.2, 0.25) is 0 Å². The van der Waals surface area contributed by atoms with Gasteiger partial charge in [0.15, 0.2) is 5.60 Å². The largest absolute Gasteiger partial charge is 0.448 e. The van der Waals surface area contributed by atoms with Crippen molar-refractivity contribution in [2.75, 3.05) is 38.0 Å². The number of fused-ring (bicyclic) bond motifs is 1. The topological polar surface area (TPSA) is 32.8 Å². The fourth-order valence-electron chi connectivity index (χ4n) is 6.15. The molecule has 3 aliphatic rings. The van der Waals surface area contributed by atoms with E-state index in [-0.39, 0.29) is 17.3 Å². The molecule has 2 unspecified atom stereocenters. The van der Waals surface area contributed by atoms with Crippen LogP contribution in [0.4, 0.5) is 11.4 Å². The molecular formula is C27H26N2O2. The molecule has 1 spiro atoms. The highest BCUT2D eigenvalue weighted by molar-refractivity contribution is 6.01. The molecular weight excluding hydrogens is 384 g/mol. The molecule has 0 amide bonds. The molecule has 2 atom stereocenters. The summed E-state index contributed by atoms with van der Waals surface area (Å²) in [6.45, 7) is 2.06. The third-order valence-electron chi connectivity index (χ3n) is 7.49. The summed E-state index contributed by atoms with van der Waals surface area (Å²) < 4.78 is 6.25. The summed E-state index contributed by atoms with van der Waals surface area (Å²) in [5, 5.41) is 0. The second-order valence-electron chi connectivity index (χ2n) is 9.53. The van der Waals surface area contributed by atoms with Crippen LogP contribution >= 0.6 is 0 Å². The standard InChI is InChI=1S/C27H26N2O2/c1-16-14-21-23-22(15-16)25(30)31-27(23)24(21)26(27,17-6-10-19(11-7-17)28(2)3)18-8-12-20(13-9-18)29(4)5/h6-15,24H,1-5H3. The maximum absolute atomic E-state index is 12.9. The van der Waals surface area contributed by atoms with E-state index in [1.54, 1.807) is 0 Å². The van der Waals surface area contributed by atoms with Crippen LogP contribution in [0.15, 0.2) is 60.7 Å². The van der Waals surface area contributed by atoms with Crippen molar-refractivity contribution in [2.24, 2.45) is 0 Å². The Hall–Kier alpha value is -3.27. The van der Waals surface area contributed by atoms with Crippen LogP contribution in [0.1, 0.15) is 44.1 Å². The molecule has 3 aromatic carbocycles. The van der Waals surface area contributed by atoms with E-state index in [1.807, 2.05) is 34.3 Å². The van der Waals surface area contributed by atoms with Gasteiger partial charge in [-0.05, 0) is 59.5 Å².